The molecule has 30 heavy (non-hydrogen) atoms. The quantitative estimate of drug-likeness (QED) is 0.559. The third-order valence-electron chi connectivity index (χ3n) is 5.16. The van der Waals surface area contributed by atoms with Crippen LogP contribution in [0.1, 0.15) is 66.0 Å². The van der Waals surface area contributed by atoms with Crippen LogP contribution in [0, 0.1) is 0 Å². The number of fused-ring (bicyclic) bond motifs is 2. The Morgan fingerprint density at radius 2 is 1.43 bits per heavy atom. The molecule has 0 spiro atoms. The fourth-order valence-corrected chi connectivity index (χ4v) is 3.53. The van der Waals surface area contributed by atoms with E-state index in [0.29, 0.717) is 22.6 Å². The second-order valence-electron chi connectivity index (χ2n) is 8.76. The van der Waals surface area contributed by atoms with E-state index in [4.69, 9.17) is 9.47 Å². The van der Waals surface area contributed by atoms with Crippen LogP contribution in [-0.2, 0) is 0 Å². The highest BCUT2D eigenvalue weighted by Crippen LogP contribution is 2.36. The Bertz CT molecular complexity index is 1120. The molecule has 0 bridgehead atoms. The highest BCUT2D eigenvalue weighted by atomic mass is 16.5. The Balaban J connectivity index is 1.54. The van der Waals surface area contributed by atoms with E-state index < -0.39 is 17.0 Å². The van der Waals surface area contributed by atoms with Crippen LogP contribution in [0.3, 0.4) is 0 Å². The number of carbonyl (C=O) groups excluding carboxylic acids is 2. The third kappa shape index (κ3) is 3.88. The van der Waals surface area contributed by atoms with Gasteiger partial charge in [0.2, 0.25) is 0 Å². The molecule has 2 aromatic rings. The molecule has 2 heterocycles. The van der Waals surface area contributed by atoms with Crippen LogP contribution < -0.4 is 9.47 Å². The lowest BCUT2D eigenvalue weighted by atomic mass is 9.95. The minimum absolute atomic E-state index is 0.109. The molecular weight excluding hydrogens is 380 g/mol. The molecule has 0 saturated carbocycles. The number of carbonyl (C=O) groups is 2. The van der Waals surface area contributed by atoms with E-state index in [0.717, 1.165) is 5.56 Å². The van der Waals surface area contributed by atoms with E-state index in [1.807, 2.05) is 52.0 Å². The van der Waals surface area contributed by atoms with Crippen LogP contribution in [0.5, 0.6) is 17.2 Å². The first-order valence-electron chi connectivity index (χ1n) is 9.87. The number of phenols is 1. The fourth-order valence-electron chi connectivity index (χ4n) is 3.53. The van der Waals surface area contributed by atoms with Crippen LogP contribution >= 0.6 is 0 Å². The average molecular weight is 404 g/mol. The minimum Gasteiger partial charge on any atom is -0.507 e. The average Bonchev–Trinajstić information content (AvgIpc) is 2.65. The van der Waals surface area contributed by atoms with E-state index in [1.54, 1.807) is 24.3 Å². The lowest BCUT2D eigenvalue weighted by molar-refractivity contribution is 0.0893. The van der Waals surface area contributed by atoms with Crippen LogP contribution in [0.2, 0.25) is 0 Å². The van der Waals surface area contributed by atoms with Gasteiger partial charge < -0.3 is 14.6 Å². The predicted octanol–water partition coefficient (Wildman–Crippen LogP) is 5.22. The predicted molar refractivity (Wildman–Crippen MR) is 115 cm³/mol. The van der Waals surface area contributed by atoms with Gasteiger partial charge in [-0.25, -0.2) is 0 Å². The zero-order chi connectivity index (χ0) is 21.7. The molecule has 2 aromatic carbocycles. The Kier molecular flexibility index (Phi) is 4.57. The number of hydrogen-bond acceptors (Lipinski definition) is 5. The molecule has 0 radical (unpaired) electrons. The van der Waals surface area contributed by atoms with Crippen molar-refractivity contribution in [1.82, 2.24) is 0 Å². The first kappa shape index (κ1) is 20.0. The molecule has 0 aliphatic carbocycles. The fraction of sp³-hybridized carbons (Fsp3) is 0.280. The van der Waals surface area contributed by atoms with Crippen molar-refractivity contribution in [3.8, 4) is 17.2 Å². The number of benzene rings is 2. The van der Waals surface area contributed by atoms with Crippen LogP contribution in [0.4, 0.5) is 0 Å². The van der Waals surface area contributed by atoms with E-state index in [2.05, 4.69) is 0 Å². The van der Waals surface area contributed by atoms with Crippen molar-refractivity contribution in [2.45, 2.75) is 45.3 Å². The highest BCUT2D eigenvalue weighted by molar-refractivity contribution is 6.14. The Morgan fingerprint density at radius 3 is 2.10 bits per heavy atom. The molecular formula is C25H24O5. The van der Waals surface area contributed by atoms with Crippen molar-refractivity contribution in [2.75, 3.05) is 0 Å². The monoisotopic (exact) mass is 404 g/mol. The SMILES string of the molecule is CC1(C)C=Cc2cc(C(=O)CC(=O)c3cc4c(cc3O)OC(C)(C)C=C4)ccc2O1. The van der Waals surface area contributed by atoms with Gasteiger partial charge in [-0.3, -0.25) is 9.59 Å². The van der Waals surface area contributed by atoms with Gasteiger partial charge in [-0.05, 0) is 64.1 Å². The molecule has 5 nitrogen and oxygen atoms in total. The van der Waals surface area contributed by atoms with Gasteiger partial charge in [-0.1, -0.05) is 12.2 Å². The minimum atomic E-state index is -0.485. The molecule has 0 atom stereocenters. The largest absolute Gasteiger partial charge is 0.507 e. The number of hydrogen-bond donors (Lipinski definition) is 1. The number of phenolic OH excluding ortho intramolecular Hbond substituents is 1. The molecule has 4 rings (SSSR count). The van der Waals surface area contributed by atoms with Crippen molar-refractivity contribution in [3.63, 3.8) is 0 Å². The standard InChI is InChI=1S/C25H24O5/c1-24(2)9-7-16-11-15(5-6-22(16)29-24)19(26)13-20(27)18-12-17-8-10-25(3,4)30-23(17)14-21(18)28/h5-12,14,28H,13H2,1-4H3. The Hall–Kier alpha value is -3.34. The summed E-state index contributed by atoms with van der Waals surface area (Å²) in [4.78, 5) is 25.5. The molecule has 0 fully saturated rings. The maximum atomic E-state index is 12.8. The van der Waals surface area contributed by atoms with Crippen molar-refractivity contribution < 1.29 is 24.2 Å². The van der Waals surface area contributed by atoms with Crippen molar-refractivity contribution >= 4 is 23.7 Å². The van der Waals surface area contributed by atoms with Gasteiger partial charge in [0.15, 0.2) is 11.6 Å². The van der Waals surface area contributed by atoms with E-state index >= 15 is 0 Å². The molecule has 0 saturated heterocycles. The smallest absolute Gasteiger partial charge is 0.174 e. The molecule has 2 aliphatic rings. The molecule has 5 heteroatoms. The lowest BCUT2D eigenvalue weighted by Gasteiger charge is -2.28. The highest BCUT2D eigenvalue weighted by Gasteiger charge is 2.26. The number of ether oxygens (including phenoxy) is 2. The summed E-state index contributed by atoms with van der Waals surface area (Å²) in [5, 5.41) is 10.3. The molecule has 0 unspecified atom stereocenters. The first-order valence-corrected chi connectivity index (χ1v) is 9.87. The summed E-state index contributed by atoms with van der Waals surface area (Å²) in [6, 6.07) is 8.13. The van der Waals surface area contributed by atoms with Gasteiger partial charge in [-0.15, -0.1) is 0 Å². The number of ketones is 2. The topological polar surface area (TPSA) is 72.8 Å². The van der Waals surface area contributed by atoms with Crippen LogP contribution in [0.15, 0.2) is 42.5 Å². The molecule has 0 amide bonds. The normalized spacial score (nSPS) is 17.3. The zero-order valence-electron chi connectivity index (χ0n) is 17.5. The maximum Gasteiger partial charge on any atom is 0.174 e. The molecule has 2 aliphatic heterocycles. The molecule has 154 valence electrons. The number of rotatable bonds is 4. The first-order chi connectivity index (χ1) is 14.0. The van der Waals surface area contributed by atoms with Gasteiger partial charge in [0.25, 0.3) is 0 Å². The summed E-state index contributed by atoms with van der Waals surface area (Å²) in [6.45, 7) is 7.72. The summed E-state index contributed by atoms with van der Waals surface area (Å²) in [6.07, 6.45) is 7.25. The van der Waals surface area contributed by atoms with Gasteiger partial charge >= 0.3 is 0 Å². The third-order valence-corrected chi connectivity index (χ3v) is 5.16. The van der Waals surface area contributed by atoms with E-state index in [-0.39, 0.29) is 23.5 Å². The summed E-state index contributed by atoms with van der Waals surface area (Å²) >= 11 is 0. The van der Waals surface area contributed by atoms with Gasteiger partial charge in [0.05, 0.1) is 12.0 Å². The molecule has 0 aromatic heterocycles. The number of Topliss-reactive ketones (excluding diaryl/α,β-unsaturated/α-hetero) is 2. The van der Waals surface area contributed by atoms with Crippen molar-refractivity contribution in [1.29, 1.82) is 0 Å². The van der Waals surface area contributed by atoms with Gasteiger partial charge in [0.1, 0.15) is 28.5 Å². The van der Waals surface area contributed by atoms with Gasteiger partial charge in [0, 0.05) is 22.8 Å². The van der Waals surface area contributed by atoms with E-state index in [1.165, 1.54) is 6.07 Å². The van der Waals surface area contributed by atoms with Gasteiger partial charge in [-0.2, -0.15) is 0 Å². The van der Waals surface area contributed by atoms with Crippen LogP contribution in [0.25, 0.3) is 12.2 Å². The lowest BCUT2D eigenvalue weighted by Crippen LogP contribution is -2.27. The summed E-state index contributed by atoms with van der Waals surface area (Å²) in [7, 11) is 0. The summed E-state index contributed by atoms with van der Waals surface area (Å²) < 4.78 is 11.7. The van der Waals surface area contributed by atoms with Crippen molar-refractivity contribution in [3.05, 3.63) is 64.7 Å². The van der Waals surface area contributed by atoms with Crippen LogP contribution in [-0.4, -0.2) is 27.9 Å². The molecule has 1 N–H and O–H groups in total. The second kappa shape index (κ2) is 6.87. The zero-order valence-corrected chi connectivity index (χ0v) is 17.5. The second-order valence-corrected chi connectivity index (χ2v) is 8.76. The number of aromatic hydroxyl groups is 1. The maximum absolute atomic E-state index is 12.8. The summed E-state index contributed by atoms with van der Waals surface area (Å²) in [5.41, 5.74) is 1.15. The van der Waals surface area contributed by atoms with E-state index in [9.17, 15) is 14.7 Å². The summed E-state index contributed by atoms with van der Waals surface area (Å²) in [5.74, 6) is 0.261. The Morgan fingerprint density at radius 1 is 0.833 bits per heavy atom. The van der Waals surface area contributed by atoms with Crippen molar-refractivity contribution in [2.24, 2.45) is 0 Å². The Labute approximate surface area is 175 Å².